The highest BCUT2D eigenvalue weighted by atomic mass is 35.5. The minimum absolute atomic E-state index is 0.0266. The van der Waals surface area contributed by atoms with E-state index in [1.54, 1.807) is 6.07 Å². The number of aliphatic hydroxyl groups excluding tert-OH is 1. The van der Waals surface area contributed by atoms with E-state index < -0.39 is 5.82 Å². The third-order valence-electron chi connectivity index (χ3n) is 2.55. The van der Waals surface area contributed by atoms with Crippen molar-refractivity contribution in [1.82, 2.24) is 5.32 Å². The molecule has 0 amide bonds. The van der Waals surface area contributed by atoms with Gasteiger partial charge in [0.25, 0.3) is 0 Å². The Bertz CT molecular complexity index is 344. The fourth-order valence-corrected chi connectivity index (χ4v) is 1.53. The van der Waals surface area contributed by atoms with Gasteiger partial charge in [-0.1, -0.05) is 31.5 Å². The molecule has 0 heterocycles. The molecule has 0 aliphatic heterocycles. The first kappa shape index (κ1) is 13.4. The van der Waals surface area contributed by atoms with Crippen LogP contribution >= 0.6 is 11.6 Å². The van der Waals surface area contributed by atoms with Gasteiger partial charge in [-0.05, 0) is 23.6 Å². The van der Waals surface area contributed by atoms with Crippen LogP contribution in [0.15, 0.2) is 18.2 Å². The molecule has 16 heavy (non-hydrogen) atoms. The minimum atomic E-state index is -0.411. The van der Waals surface area contributed by atoms with E-state index in [1.807, 2.05) is 13.8 Å². The van der Waals surface area contributed by atoms with Crippen molar-refractivity contribution in [3.05, 3.63) is 34.6 Å². The molecule has 2 nitrogen and oxygen atoms in total. The summed E-state index contributed by atoms with van der Waals surface area (Å²) in [6, 6.07) is 4.74. The molecule has 1 atom stereocenters. The summed E-state index contributed by atoms with van der Waals surface area (Å²) < 4.78 is 13.1. The predicted octanol–water partition coefficient (Wildman–Crippen LogP) is 2.59. The average Bonchev–Trinajstić information content (AvgIpc) is 2.23. The molecule has 0 aliphatic carbocycles. The Labute approximate surface area is 100 Å². The number of nitrogens with one attached hydrogen (secondary N) is 1. The topological polar surface area (TPSA) is 32.3 Å². The number of hydrogen-bond acceptors (Lipinski definition) is 2. The Morgan fingerprint density at radius 3 is 2.62 bits per heavy atom. The van der Waals surface area contributed by atoms with Crippen LogP contribution in [0.3, 0.4) is 0 Å². The molecule has 0 fully saturated rings. The van der Waals surface area contributed by atoms with Crippen LogP contribution in [-0.2, 0) is 6.54 Å². The Balaban J connectivity index is 2.57. The molecule has 0 saturated carbocycles. The van der Waals surface area contributed by atoms with Crippen LogP contribution in [-0.4, -0.2) is 17.8 Å². The van der Waals surface area contributed by atoms with Gasteiger partial charge in [-0.15, -0.1) is 0 Å². The van der Waals surface area contributed by atoms with Gasteiger partial charge in [0.1, 0.15) is 5.82 Å². The highest BCUT2D eigenvalue weighted by molar-refractivity contribution is 6.30. The van der Waals surface area contributed by atoms with Gasteiger partial charge in [0.15, 0.2) is 0 Å². The van der Waals surface area contributed by atoms with Gasteiger partial charge in [-0.3, -0.25) is 0 Å². The molecule has 0 aromatic heterocycles. The van der Waals surface area contributed by atoms with Crippen molar-refractivity contribution in [2.75, 3.05) is 6.61 Å². The van der Waals surface area contributed by atoms with Gasteiger partial charge in [0, 0.05) is 12.6 Å². The van der Waals surface area contributed by atoms with Crippen molar-refractivity contribution >= 4 is 11.6 Å². The smallest absolute Gasteiger partial charge is 0.142 e. The van der Waals surface area contributed by atoms with E-state index in [1.165, 1.54) is 12.1 Å². The van der Waals surface area contributed by atoms with E-state index in [0.29, 0.717) is 12.5 Å². The van der Waals surface area contributed by atoms with Gasteiger partial charge in [-0.25, -0.2) is 4.39 Å². The lowest BCUT2D eigenvalue weighted by molar-refractivity contribution is 0.210. The second kappa shape index (κ2) is 6.18. The van der Waals surface area contributed by atoms with Crippen LogP contribution in [0.1, 0.15) is 19.4 Å². The maximum absolute atomic E-state index is 13.1. The number of rotatable bonds is 5. The lowest BCUT2D eigenvalue weighted by atomic mass is 10.1. The molecule has 0 unspecified atom stereocenters. The Morgan fingerprint density at radius 2 is 2.12 bits per heavy atom. The molecule has 0 bridgehead atoms. The third kappa shape index (κ3) is 3.74. The predicted molar refractivity (Wildman–Crippen MR) is 64.0 cm³/mol. The lowest BCUT2D eigenvalue weighted by Gasteiger charge is -2.19. The zero-order valence-corrected chi connectivity index (χ0v) is 10.3. The van der Waals surface area contributed by atoms with E-state index in [2.05, 4.69) is 5.32 Å². The molecular weight excluding hydrogens is 229 g/mol. The zero-order valence-electron chi connectivity index (χ0n) is 9.50. The Hall–Kier alpha value is -0.640. The Kier molecular flexibility index (Phi) is 5.19. The lowest BCUT2D eigenvalue weighted by Crippen LogP contribution is -2.36. The molecule has 1 aromatic rings. The van der Waals surface area contributed by atoms with Crippen LogP contribution in [0.5, 0.6) is 0 Å². The standard InChI is InChI=1S/C12H17ClFNO/c1-8(2)12(7-16)15-6-9-3-4-10(13)11(14)5-9/h3-5,8,12,15-16H,6-7H2,1-2H3/t12-/m1/s1. The summed E-state index contributed by atoms with van der Waals surface area (Å²) in [6.07, 6.45) is 0. The minimum Gasteiger partial charge on any atom is -0.395 e. The highest BCUT2D eigenvalue weighted by Gasteiger charge is 2.11. The quantitative estimate of drug-likeness (QED) is 0.836. The van der Waals surface area contributed by atoms with Crippen LogP contribution in [0, 0.1) is 11.7 Å². The van der Waals surface area contributed by atoms with Crippen LogP contribution < -0.4 is 5.32 Å². The second-order valence-electron chi connectivity index (χ2n) is 4.16. The largest absolute Gasteiger partial charge is 0.395 e. The van der Waals surface area contributed by atoms with Gasteiger partial charge < -0.3 is 10.4 Å². The monoisotopic (exact) mass is 245 g/mol. The molecule has 0 spiro atoms. The van der Waals surface area contributed by atoms with E-state index >= 15 is 0 Å². The number of halogens is 2. The molecular formula is C12H17ClFNO. The number of benzene rings is 1. The van der Waals surface area contributed by atoms with Crippen LogP contribution in [0.4, 0.5) is 4.39 Å². The van der Waals surface area contributed by atoms with Gasteiger partial charge in [-0.2, -0.15) is 0 Å². The van der Waals surface area contributed by atoms with Gasteiger partial charge in [0.2, 0.25) is 0 Å². The van der Waals surface area contributed by atoms with E-state index in [-0.39, 0.29) is 17.7 Å². The zero-order chi connectivity index (χ0) is 12.1. The maximum atomic E-state index is 13.1. The van der Waals surface area contributed by atoms with Crippen molar-refractivity contribution < 1.29 is 9.50 Å². The molecule has 0 aliphatic rings. The van der Waals surface area contributed by atoms with Crippen LogP contribution in [0.25, 0.3) is 0 Å². The molecule has 0 radical (unpaired) electrons. The molecule has 4 heteroatoms. The fraction of sp³-hybridized carbons (Fsp3) is 0.500. The van der Waals surface area contributed by atoms with Gasteiger partial charge in [0.05, 0.1) is 11.6 Å². The molecule has 90 valence electrons. The van der Waals surface area contributed by atoms with Crippen molar-refractivity contribution in [3.8, 4) is 0 Å². The number of hydrogen-bond donors (Lipinski definition) is 2. The van der Waals surface area contributed by atoms with E-state index in [4.69, 9.17) is 16.7 Å². The summed E-state index contributed by atoms with van der Waals surface area (Å²) >= 11 is 5.59. The SMILES string of the molecule is CC(C)[C@@H](CO)NCc1ccc(Cl)c(F)c1. The first-order valence-corrected chi connectivity index (χ1v) is 5.70. The summed E-state index contributed by atoms with van der Waals surface area (Å²) in [5.41, 5.74) is 0.820. The fourth-order valence-electron chi connectivity index (χ4n) is 1.41. The van der Waals surface area contributed by atoms with Gasteiger partial charge >= 0.3 is 0 Å². The highest BCUT2D eigenvalue weighted by Crippen LogP contribution is 2.15. The van der Waals surface area contributed by atoms with E-state index in [0.717, 1.165) is 5.56 Å². The summed E-state index contributed by atoms with van der Waals surface area (Å²) in [5, 5.41) is 12.4. The number of aliphatic hydroxyl groups is 1. The molecule has 1 rings (SSSR count). The maximum Gasteiger partial charge on any atom is 0.142 e. The van der Waals surface area contributed by atoms with Crippen molar-refractivity contribution in [1.29, 1.82) is 0 Å². The van der Waals surface area contributed by atoms with Crippen molar-refractivity contribution in [2.45, 2.75) is 26.4 Å². The summed E-state index contributed by atoms with van der Waals surface area (Å²) in [6.45, 7) is 4.65. The first-order valence-electron chi connectivity index (χ1n) is 5.32. The Morgan fingerprint density at radius 1 is 1.44 bits per heavy atom. The normalized spacial score (nSPS) is 13.1. The van der Waals surface area contributed by atoms with Crippen molar-refractivity contribution in [2.24, 2.45) is 5.92 Å². The summed E-state index contributed by atoms with van der Waals surface area (Å²) in [5.74, 6) is -0.0757. The average molecular weight is 246 g/mol. The molecule has 2 N–H and O–H groups in total. The van der Waals surface area contributed by atoms with E-state index in [9.17, 15) is 4.39 Å². The second-order valence-corrected chi connectivity index (χ2v) is 4.57. The molecule has 0 saturated heterocycles. The third-order valence-corrected chi connectivity index (χ3v) is 2.86. The van der Waals surface area contributed by atoms with Crippen molar-refractivity contribution in [3.63, 3.8) is 0 Å². The van der Waals surface area contributed by atoms with Crippen LogP contribution in [0.2, 0.25) is 5.02 Å². The molecule has 1 aromatic carbocycles. The summed E-state index contributed by atoms with van der Waals surface area (Å²) in [7, 11) is 0. The first-order chi connectivity index (χ1) is 7.54. The summed E-state index contributed by atoms with van der Waals surface area (Å²) in [4.78, 5) is 0.